The monoisotopic (exact) mass is 392 g/mol. The predicted octanol–water partition coefficient (Wildman–Crippen LogP) is 8.59. The maximum Gasteiger partial charge on any atom is 0.131 e. The van der Waals surface area contributed by atoms with Gasteiger partial charge >= 0.3 is 0 Å². The molecule has 0 radical (unpaired) electrons. The number of unbranched alkanes of at least 4 members (excludes halogenated alkanes) is 6. The van der Waals surface area contributed by atoms with Crippen LogP contribution in [0.4, 0.5) is 8.78 Å². The van der Waals surface area contributed by atoms with Gasteiger partial charge in [-0.05, 0) is 53.3 Å². The fourth-order valence-corrected chi connectivity index (χ4v) is 3.85. The predicted molar refractivity (Wildman–Crippen MR) is 119 cm³/mol. The van der Waals surface area contributed by atoms with E-state index in [-0.39, 0.29) is 11.6 Å². The van der Waals surface area contributed by atoms with Crippen molar-refractivity contribution in [1.29, 1.82) is 0 Å². The zero-order valence-corrected chi connectivity index (χ0v) is 17.3. The maximum absolute atomic E-state index is 15.0. The second kappa shape index (κ2) is 10.9. The molecule has 0 aliphatic rings. The van der Waals surface area contributed by atoms with Gasteiger partial charge in [0.25, 0.3) is 0 Å². The molecular formula is C27H30F2. The van der Waals surface area contributed by atoms with Crippen LogP contribution in [-0.2, 0) is 6.42 Å². The molecule has 0 unspecified atom stereocenters. The lowest BCUT2D eigenvalue weighted by molar-refractivity contribution is 0.587. The normalized spacial score (nSPS) is 11.0. The molecule has 0 N–H and O–H groups in total. The Balaban J connectivity index is 1.73. The van der Waals surface area contributed by atoms with Gasteiger partial charge in [-0.1, -0.05) is 94.0 Å². The molecule has 0 nitrogen and oxygen atoms in total. The fraction of sp³-hybridized carbons (Fsp3) is 0.333. The van der Waals surface area contributed by atoms with Crippen molar-refractivity contribution in [3.63, 3.8) is 0 Å². The molecule has 2 heteroatoms. The third-order valence-electron chi connectivity index (χ3n) is 5.48. The first kappa shape index (κ1) is 21.2. The Bertz CT molecular complexity index is 900. The molecule has 0 saturated heterocycles. The summed E-state index contributed by atoms with van der Waals surface area (Å²) in [4.78, 5) is 0. The average Bonchev–Trinajstić information content (AvgIpc) is 2.74. The molecule has 0 spiro atoms. The van der Waals surface area contributed by atoms with Crippen molar-refractivity contribution in [3.8, 4) is 22.3 Å². The topological polar surface area (TPSA) is 0 Å². The zero-order valence-electron chi connectivity index (χ0n) is 17.3. The van der Waals surface area contributed by atoms with Gasteiger partial charge in [-0.25, -0.2) is 8.78 Å². The van der Waals surface area contributed by atoms with E-state index in [0.29, 0.717) is 5.56 Å². The molecule has 3 rings (SSSR count). The summed E-state index contributed by atoms with van der Waals surface area (Å²) >= 11 is 0. The minimum absolute atomic E-state index is 0.256. The van der Waals surface area contributed by atoms with Crippen molar-refractivity contribution in [3.05, 3.63) is 83.9 Å². The van der Waals surface area contributed by atoms with E-state index in [1.807, 2.05) is 42.5 Å². The smallest absolute Gasteiger partial charge is 0.131 e. The Kier molecular flexibility index (Phi) is 7.98. The fourth-order valence-electron chi connectivity index (χ4n) is 3.85. The van der Waals surface area contributed by atoms with E-state index in [1.54, 1.807) is 18.2 Å². The first-order chi connectivity index (χ1) is 14.2. The molecule has 3 aromatic rings. The summed E-state index contributed by atoms with van der Waals surface area (Å²) in [7, 11) is 0. The molecule has 0 bridgehead atoms. The first-order valence-electron chi connectivity index (χ1n) is 10.8. The quantitative estimate of drug-likeness (QED) is 0.303. The lowest BCUT2D eigenvalue weighted by Crippen LogP contribution is -1.95. The molecule has 3 aromatic carbocycles. The molecule has 0 saturated carbocycles. The zero-order chi connectivity index (χ0) is 20.5. The van der Waals surface area contributed by atoms with Crippen LogP contribution in [0.2, 0.25) is 0 Å². The highest BCUT2D eigenvalue weighted by Gasteiger charge is 2.12. The Morgan fingerprint density at radius 1 is 0.621 bits per heavy atom. The van der Waals surface area contributed by atoms with E-state index in [4.69, 9.17) is 0 Å². The second-order valence-electron chi connectivity index (χ2n) is 7.73. The average molecular weight is 393 g/mol. The van der Waals surface area contributed by atoms with Gasteiger partial charge in [-0.15, -0.1) is 0 Å². The number of halogens is 2. The van der Waals surface area contributed by atoms with Crippen LogP contribution >= 0.6 is 0 Å². The number of aryl methyl sites for hydroxylation is 1. The maximum atomic E-state index is 15.0. The summed E-state index contributed by atoms with van der Waals surface area (Å²) < 4.78 is 28.8. The number of hydrogen-bond donors (Lipinski definition) is 0. The summed E-state index contributed by atoms with van der Waals surface area (Å²) in [6.45, 7) is 2.22. The third kappa shape index (κ3) is 6.00. The van der Waals surface area contributed by atoms with Crippen molar-refractivity contribution in [2.75, 3.05) is 0 Å². The second-order valence-corrected chi connectivity index (χ2v) is 7.73. The third-order valence-corrected chi connectivity index (χ3v) is 5.48. The van der Waals surface area contributed by atoms with E-state index in [0.717, 1.165) is 41.5 Å². The molecule has 0 aromatic heterocycles. The van der Waals surface area contributed by atoms with Gasteiger partial charge in [0.2, 0.25) is 0 Å². The molecule has 0 amide bonds. The summed E-state index contributed by atoms with van der Waals surface area (Å²) in [6, 6.07) is 19.8. The molecule has 0 aliphatic carbocycles. The molecule has 0 fully saturated rings. The first-order valence-corrected chi connectivity index (χ1v) is 10.8. The van der Waals surface area contributed by atoms with E-state index >= 15 is 0 Å². The molecule has 0 heterocycles. The lowest BCUT2D eigenvalue weighted by atomic mass is 9.93. The van der Waals surface area contributed by atoms with Crippen molar-refractivity contribution in [1.82, 2.24) is 0 Å². The van der Waals surface area contributed by atoms with Crippen LogP contribution in [0.15, 0.2) is 66.7 Å². The largest absolute Gasteiger partial charge is 0.207 e. The number of benzene rings is 3. The SMILES string of the molecule is CCCCCCCCCc1cc(F)ccc1-c1ccc(-c2ccccc2)cc1F. The highest BCUT2D eigenvalue weighted by Crippen LogP contribution is 2.31. The lowest BCUT2D eigenvalue weighted by Gasteiger charge is -2.12. The van der Waals surface area contributed by atoms with Gasteiger partial charge in [0.1, 0.15) is 11.6 Å². The summed E-state index contributed by atoms with van der Waals surface area (Å²) in [6.07, 6.45) is 9.24. The number of rotatable bonds is 10. The van der Waals surface area contributed by atoms with Crippen LogP contribution in [-0.4, -0.2) is 0 Å². The van der Waals surface area contributed by atoms with Gasteiger partial charge in [-0.2, -0.15) is 0 Å². The Hall–Kier alpha value is -2.48. The summed E-state index contributed by atoms with van der Waals surface area (Å²) in [5.41, 5.74) is 4.07. The molecular weight excluding hydrogens is 362 g/mol. The minimum Gasteiger partial charge on any atom is -0.207 e. The molecule has 0 aliphatic heterocycles. The van der Waals surface area contributed by atoms with Gasteiger partial charge in [0.05, 0.1) is 0 Å². The van der Waals surface area contributed by atoms with Crippen LogP contribution in [0.3, 0.4) is 0 Å². The minimum atomic E-state index is -0.265. The molecule has 152 valence electrons. The van der Waals surface area contributed by atoms with Crippen LogP contribution in [0, 0.1) is 11.6 Å². The van der Waals surface area contributed by atoms with Crippen molar-refractivity contribution in [2.24, 2.45) is 0 Å². The molecule has 0 atom stereocenters. The summed E-state index contributed by atoms with van der Waals surface area (Å²) in [5, 5.41) is 0. The summed E-state index contributed by atoms with van der Waals surface area (Å²) in [5.74, 6) is -0.521. The standard InChI is InChI=1S/C27H30F2/c1-2-3-4-5-6-7-9-14-23-19-24(28)16-18-25(23)26-17-15-22(20-27(26)29)21-12-10-8-11-13-21/h8,10-13,15-20H,2-7,9,14H2,1H3. The van der Waals surface area contributed by atoms with E-state index in [2.05, 4.69) is 6.92 Å². The van der Waals surface area contributed by atoms with E-state index in [9.17, 15) is 8.78 Å². The van der Waals surface area contributed by atoms with Crippen LogP contribution in [0.5, 0.6) is 0 Å². The van der Waals surface area contributed by atoms with Gasteiger partial charge in [0.15, 0.2) is 0 Å². The Labute approximate surface area is 173 Å². The van der Waals surface area contributed by atoms with Crippen molar-refractivity contribution in [2.45, 2.75) is 58.3 Å². The van der Waals surface area contributed by atoms with Gasteiger partial charge < -0.3 is 0 Å². The Morgan fingerprint density at radius 2 is 1.31 bits per heavy atom. The van der Waals surface area contributed by atoms with E-state index < -0.39 is 0 Å². The van der Waals surface area contributed by atoms with Crippen molar-refractivity contribution >= 4 is 0 Å². The highest BCUT2D eigenvalue weighted by atomic mass is 19.1. The highest BCUT2D eigenvalue weighted by molar-refractivity contribution is 5.73. The number of hydrogen-bond acceptors (Lipinski definition) is 0. The van der Waals surface area contributed by atoms with E-state index in [1.165, 1.54) is 38.2 Å². The van der Waals surface area contributed by atoms with Crippen molar-refractivity contribution < 1.29 is 8.78 Å². The van der Waals surface area contributed by atoms with Gasteiger partial charge in [0, 0.05) is 5.56 Å². The van der Waals surface area contributed by atoms with Crippen LogP contribution in [0.1, 0.15) is 57.4 Å². The van der Waals surface area contributed by atoms with Crippen LogP contribution in [0.25, 0.3) is 22.3 Å². The molecule has 29 heavy (non-hydrogen) atoms. The van der Waals surface area contributed by atoms with Gasteiger partial charge in [-0.3, -0.25) is 0 Å². The Morgan fingerprint density at radius 3 is 2.03 bits per heavy atom. The van der Waals surface area contributed by atoms with Crippen LogP contribution < -0.4 is 0 Å².